The molecule has 0 aliphatic rings. The number of hydrogen-bond donors (Lipinski definition) is 3. The Hall–Kier alpha value is -1.72. The predicted octanol–water partition coefficient (Wildman–Crippen LogP) is 3.85. The summed E-state index contributed by atoms with van der Waals surface area (Å²) in [4.78, 5) is 8.19. The first-order valence-electron chi connectivity index (χ1n) is 6.10. The van der Waals surface area contributed by atoms with Crippen LogP contribution >= 0.6 is 23.2 Å². The lowest BCUT2D eigenvalue weighted by Gasteiger charge is -2.11. The molecule has 0 fully saturated rings. The number of hydrogen-bond acceptors (Lipinski definition) is 5. The third-order valence-electron chi connectivity index (χ3n) is 2.61. The summed E-state index contributed by atoms with van der Waals surface area (Å²) in [5.74, 6) is 1.38. The van der Waals surface area contributed by atoms with Gasteiger partial charge in [0, 0.05) is 17.6 Å². The number of benzene rings is 1. The summed E-state index contributed by atoms with van der Waals surface area (Å²) >= 11 is 12.3. The van der Waals surface area contributed by atoms with Gasteiger partial charge in [0.25, 0.3) is 0 Å². The second-order valence-corrected chi connectivity index (χ2v) is 5.05. The van der Waals surface area contributed by atoms with E-state index >= 15 is 0 Å². The summed E-state index contributed by atoms with van der Waals surface area (Å²) in [5, 5.41) is 7.37. The highest BCUT2D eigenvalue weighted by molar-refractivity contribution is 6.35. The molecule has 7 heteroatoms. The molecule has 0 aliphatic carbocycles. The summed E-state index contributed by atoms with van der Waals surface area (Å²) in [6, 6.07) is 5.30. The largest absolute Gasteiger partial charge is 0.370 e. The number of rotatable bonds is 4. The Labute approximate surface area is 127 Å². The van der Waals surface area contributed by atoms with E-state index < -0.39 is 0 Å². The molecule has 106 valence electrons. The monoisotopic (exact) mass is 311 g/mol. The average Bonchev–Trinajstić information content (AvgIpc) is 2.35. The highest BCUT2D eigenvalue weighted by Crippen LogP contribution is 2.31. The fourth-order valence-corrected chi connectivity index (χ4v) is 2.11. The van der Waals surface area contributed by atoms with E-state index in [9.17, 15) is 0 Å². The van der Waals surface area contributed by atoms with Gasteiger partial charge in [-0.1, -0.05) is 23.2 Å². The molecule has 0 amide bonds. The van der Waals surface area contributed by atoms with E-state index in [4.69, 9.17) is 28.9 Å². The Balaban J connectivity index is 2.32. The molecule has 1 aromatic carbocycles. The maximum Gasteiger partial charge on any atom is 0.223 e. The highest BCUT2D eigenvalue weighted by atomic mass is 35.5. The molecular weight excluding hydrogens is 297 g/mol. The van der Waals surface area contributed by atoms with E-state index in [0.717, 1.165) is 12.1 Å². The molecule has 2 rings (SSSR count). The Morgan fingerprint density at radius 2 is 1.80 bits per heavy atom. The van der Waals surface area contributed by atoms with Gasteiger partial charge in [0.05, 0.1) is 10.7 Å². The second kappa shape index (κ2) is 6.15. The summed E-state index contributed by atoms with van der Waals surface area (Å²) in [5.41, 5.74) is 7.26. The summed E-state index contributed by atoms with van der Waals surface area (Å²) in [6.45, 7) is 4.61. The molecule has 0 radical (unpaired) electrons. The first-order valence-corrected chi connectivity index (χ1v) is 6.86. The Morgan fingerprint density at radius 1 is 1.10 bits per heavy atom. The normalized spacial score (nSPS) is 10.4. The zero-order valence-electron chi connectivity index (χ0n) is 11.2. The zero-order valence-corrected chi connectivity index (χ0v) is 12.7. The fourth-order valence-electron chi connectivity index (χ4n) is 1.68. The van der Waals surface area contributed by atoms with Crippen molar-refractivity contribution in [3.8, 4) is 0 Å². The van der Waals surface area contributed by atoms with Gasteiger partial charge in [-0.2, -0.15) is 9.97 Å². The molecule has 5 nitrogen and oxygen atoms in total. The molecule has 0 atom stereocenters. The molecule has 0 bridgehead atoms. The fraction of sp³-hybridized carbons (Fsp3) is 0.231. The van der Waals surface area contributed by atoms with Crippen LogP contribution in [0.1, 0.15) is 12.5 Å². The topological polar surface area (TPSA) is 75.9 Å². The number of halogens is 2. The Morgan fingerprint density at radius 3 is 2.50 bits per heavy atom. The van der Waals surface area contributed by atoms with Crippen molar-refractivity contribution in [1.82, 2.24) is 9.97 Å². The van der Waals surface area contributed by atoms with Crippen molar-refractivity contribution >= 4 is 46.5 Å². The van der Waals surface area contributed by atoms with E-state index in [1.165, 1.54) is 0 Å². The average molecular weight is 312 g/mol. The molecule has 0 saturated heterocycles. The zero-order chi connectivity index (χ0) is 14.7. The lowest BCUT2D eigenvalue weighted by molar-refractivity contribution is 1.12. The molecule has 1 heterocycles. The van der Waals surface area contributed by atoms with Gasteiger partial charge in [0.2, 0.25) is 5.95 Å². The second-order valence-electron chi connectivity index (χ2n) is 4.23. The van der Waals surface area contributed by atoms with E-state index in [0.29, 0.717) is 27.4 Å². The molecular formula is C13H15Cl2N5. The van der Waals surface area contributed by atoms with Crippen LogP contribution in [0.25, 0.3) is 0 Å². The van der Waals surface area contributed by atoms with Crippen LogP contribution in [-0.2, 0) is 0 Å². The Kier molecular flexibility index (Phi) is 4.52. The summed E-state index contributed by atoms with van der Waals surface area (Å²) < 4.78 is 0. The van der Waals surface area contributed by atoms with Crippen LogP contribution in [0.15, 0.2) is 18.2 Å². The maximum atomic E-state index is 6.18. The summed E-state index contributed by atoms with van der Waals surface area (Å²) in [6.07, 6.45) is 0. The van der Waals surface area contributed by atoms with Gasteiger partial charge < -0.3 is 16.4 Å². The number of nitrogens with two attached hydrogens (primary N) is 1. The predicted molar refractivity (Wildman–Crippen MR) is 85.1 cm³/mol. The van der Waals surface area contributed by atoms with Crippen LogP contribution < -0.4 is 16.4 Å². The van der Waals surface area contributed by atoms with E-state index in [1.54, 1.807) is 18.2 Å². The van der Waals surface area contributed by atoms with Crippen LogP contribution in [0.2, 0.25) is 10.0 Å². The number of nitrogens with zero attached hydrogens (tertiary/aromatic N) is 2. The van der Waals surface area contributed by atoms with Crippen LogP contribution in [0.4, 0.5) is 23.3 Å². The van der Waals surface area contributed by atoms with Gasteiger partial charge in [0.1, 0.15) is 11.6 Å². The lowest BCUT2D eigenvalue weighted by atomic mass is 10.2. The standard InChI is InChI=1S/C13H15Cl2N5/c1-3-17-11-6-12(20-13(16)19-11)18-10-5-8(14)7(2)4-9(10)15/h4-6H,3H2,1-2H3,(H4,16,17,18,19,20). The van der Waals surface area contributed by atoms with Crippen LogP contribution in [0.3, 0.4) is 0 Å². The van der Waals surface area contributed by atoms with Gasteiger partial charge in [-0.3, -0.25) is 0 Å². The van der Waals surface area contributed by atoms with Gasteiger partial charge >= 0.3 is 0 Å². The molecule has 0 saturated carbocycles. The molecule has 4 N–H and O–H groups in total. The smallest absolute Gasteiger partial charge is 0.223 e. The number of aryl methyl sites for hydroxylation is 1. The minimum Gasteiger partial charge on any atom is -0.370 e. The third kappa shape index (κ3) is 3.43. The van der Waals surface area contributed by atoms with Crippen LogP contribution in [0.5, 0.6) is 0 Å². The molecule has 0 unspecified atom stereocenters. The molecule has 1 aromatic heterocycles. The number of nitrogen functional groups attached to an aromatic ring is 1. The van der Waals surface area contributed by atoms with E-state index in [1.807, 2.05) is 13.8 Å². The van der Waals surface area contributed by atoms with Crippen LogP contribution in [0, 0.1) is 6.92 Å². The number of nitrogens with one attached hydrogen (secondary N) is 2. The SMILES string of the molecule is CCNc1cc(Nc2cc(Cl)c(C)cc2Cl)nc(N)n1. The van der Waals surface area contributed by atoms with E-state index in [-0.39, 0.29) is 5.95 Å². The van der Waals surface area contributed by atoms with Crippen molar-refractivity contribution < 1.29 is 0 Å². The minimum atomic E-state index is 0.181. The van der Waals surface area contributed by atoms with Gasteiger partial charge in [-0.05, 0) is 31.5 Å². The van der Waals surface area contributed by atoms with Crippen molar-refractivity contribution in [2.45, 2.75) is 13.8 Å². The van der Waals surface area contributed by atoms with Crippen molar-refractivity contribution in [2.24, 2.45) is 0 Å². The highest BCUT2D eigenvalue weighted by Gasteiger charge is 2.07. The van der Waals surface area contributed by atoms with Crippen molar-refractivity contribution in [3.05, 3.63) is 33.8 Å². The van der Waals surface area contributed by atoms with Gasteiger partial charge in [-0.25, -0.2) is 0 Å². The van der Waals surface area contributed by atoms with Crippen LogP contribution in [-0.4, -0.2) is 16.5 Å². The first-order chi connectivity index (χ1) is 9.49. The summed E-state index contributed by atoms with van der Waals surface area (Å²) in [7, 11) is 0. The van der Waals surface area contributed by atoms with Crippen molar-refractivity contribution in [3.63, 3.8) is 0 Å². The quantitative estimate of drug-likeness (QED) is 0.799. The van der Waals surface area contributed by atoms with Gasteiger partial charge in [0.15, 0.2) is 0 Å². The number of anilines is 4. The number of aromatic nitrogens is 2. The maximum absolute atomic E-state index is 6.18. The van der Waals surface area contributed by atoms with Gasteiger partial charge in [-0.15, -0.1) is 0 Å². The minimum absolute atomic E-state index is 0.181. The molecule has 0 spiro atoms. The first kappa shape index (κ1) is 14.7. The molecule has 0 aliphatic heterocycles. The Bertz CT molecular complexity index is 630. The van der Waals surface area contributed by atoms with Crippen molar-refractivity contribution in [2.75, 3.05) is 22.9 Å². The lowest BCUT2D eigenvalue weighted by Crippen LogP contribution is -2.05. The van der Waals surface area contributed by atoms with Crippen molar-refractivity contribution in [1.29, 1.82) is 0 Å². The molecule has 2 aromatic rings. The third-order valence-corrected chi connectivity index (χ3v) is 3.33. The van der Waals surface area contributed by atoms with E-state index in [2.05, 4.69) is 20.6 Å². The molecule has 20 heavy (non-hydrogen) atoms.